The van der Waals surface area contributed by atoms with Gasteiger partial charge in [-0.3, -0.25) is 4.90 Å². The van der Waals surface area contributed by atoms with E-state index in [4.69, 9.17) is 29.6 Å². The van der Waals surface area contributed by atoms with E-state index in [1.807, 2.05) is 18.2 Å². The van der Waals surface area contributed by atoms with Crippen LogP contribution in [0.5, 0.6) is 0 Å². The van der Waals surface area contributed by atoms with Crippen molar-refractivity contribution in [2.75, 3.05) is 37.6 Å². The lowest BCUT2D eigenvalue weighted by Crippen LogP contribution is -2.47. The summed E-state index contributed by atoms with van der Waals surface area (Å²) in [4.78, 5) is 5.36. The van der Waals surface area contributed by atoms with Crippen molar-refractivity contribution in [3.05, 3.63) is 28.8 Å². The summed E-state index contributed by atoms with van der Waals surface area (Å²) < 4.78 is 0. The third-order valence-electron chi connectivity index (χ3n) is 4.15. The second-order valence-corrected chi connectivity index (χ2v) is 6.63. The zero-order valence-corrected chi connectivity index (χ0v) is 13.1. The molecule has 0 spiro atoms. The van der Waals surface area contributed by atoms with Crippen molar-refractivity contribution in [1.82, 2.24) is 4.90 Å². The maximum Gasteiger partial charge on any atom is 0.106 e. The van der Waals surface area contributed by atoms with Gasteiger partial charge < -0.3 is 10.6 Å². The van der Waals surface area contributed by atoms with Crippen LogP contribution in [0.1, 0.15) is 18.4 Å². The Bertz CT molecular complexity index is 508. The van der Waals surface area contributed by atoms with Crippen LogP contribution in [-0.4, -0.2) is 42.6 Å². The molecule has 0 radical (unpaired) electrons. The molecule has 0 bridgehead atoms. The van der Waals surface area contributed by atoms with Gasteiger partial charge in [-0.1, -0.05) is 23.8 Å². The molecule has 0 aromatic heterocycles. The lowest BCUT2D eigenvalue weighted by atomic mass is 10.1. The van der Waals surface area contributed by atoms with Crippen LogP contribution in [0.15, 0.2) is 18.2 Å². The third kappa shape index (κ3) is 3.25. The lowest BCUT2D eigenvalue weighted by Gasteiger charge is -2.37. The minimum absolute atomic E-state index is 0.442. The van der Waals surface area contributed by atoms with E-state index >= 15 is 0 Å². The first-order valence-electron chi connectivity index (χ1n) is 7.20. The molecule has 1 aliphatic heterocycles. The molecule has 2 fully saturated rings. The maximum atomic E-state index is 6.13. The summed E-state index contributed by atoms with van der Waals surface area (Å²) in [7, 11) is 0. The maximum absolute atomic E-state index is 6.13. The Morgan fingerprint density at radius 2 is 1.95 bits per heavy atom. The van der Waals surface area contributed by atoms with Gasteiger partial charge in [0, 0.05) is 49.0 Å². The van der Waals surface area contributed by atoms with Gasteiger partial charge in [0.1, 0.15) is 4.99 Å². The number of nitrogens with zero attached hydrogens (tertiary/aromatic N) is 2. The third-order valence-corrected chi connectivity index (χ3v) is 4.61. The van der Waals surface area contributed by atoms with Crippen molar-refractivity contribution in [2.45, 2.75) is 12.8 Å². The molecule has 1 aromatic rings. The number of rotatable bonds is 4. The van der Waals surface area contributed by atoms with Crippen molar-refractivity contribution < 1.29 is 0 Å². The molecule has 1 heterocycles. The van der Waals surface area contributed by atoms with Gasteiger partial charge in [0.25, 0.3) is 0 Å². The number of thiocarbonyl (C=S) groups is 1. The Labute approximate surface area is 130 Å². The molecule has 3 rings (SSSR count). The van der Waals surface area contributed by atoms with E-state index in [0.717, 1.165) is 48.4 Å². The Balaban J connectivity index is 1.70. The molecule has 1 aromatic carbocycles. The van der Waals surface area contributed by atoms with Crippen molar-refractivity contribution in [3.8, 4) is 0 Å². The smallest absolute Gasteiger partial charge is 0.106 e. The van der Waals surface area contributed by atoms with Crippen molar-refractivity contribution in [2.24, 2.45) is 11.7 Å². The van der Waals surface area contributed by atoms with E-state index in [0.29, 0.717) is 4.99 Å². The standard InChI is InChI=1S/C15H20ClN3S/c16-12-3-4-13(15(17)20)14(9-12)19-7-5-18(6-8-19)10-11-1-2-11/h3-4,9,11H,1-2,5-8,10H2,(H2,17,20). The molecule has 3 nitrogen and oxygen atoms in total. The van der Waals surface area contributed by atoms with Gasteiger partial charge in [-0.25, -0.2) is 0 Å². The van der Waals surface area contributed by atoms with Crippen LogP contribution in [0.4, 0.5) is 5.69 Å². The van der Waals surface area contributed by atoms with Crippen LogP contribution in [0, 0.1) is 5.92 Å². The number of piperazine rings is 1. The van der Waals surface area contributed by atoms with E-state index in [1.54, 1.807) is 0 Å². The van der Waals surface area contributed by atoms with E-state index in [9.17, 15) is 0 Å². The Morgan fingerprint density at radius 1 is 1.25 bits per heavy atom. The van der Waals surface area contributed by atoms with Gasteiger partial charge in [-0.05, 0) is 37.0 Å². The van der Waals surface area contributed by atoms with Crippen molar-refractivity contribution in [3.63, 3.8) is 0 Å². The second-order valence-electron chi connectivity index (χ2n) is 5.76. The van der Waals surface area contributed by atoms with E-state index < -0.39 is 0 Å². The number of hydrogen-bond donors (Lipinski definition) is 1. The Kier molecular flexibility index (Phi) is 4.15. The summed E-state index contributed by atoms with van der Waals surface area (Å²) in [6.45, 7) is 5.52. The fraction of sp³-hybridized carbons (Fsp3) is 0.533. The molecule has 1 aliphatic carbocycles. The number of halogens is 1. The van der Waals surface area contributed by atoms with Crippen LogP contribution in [0.2, 0.25) is 5.02 Å². The molecule has 2 N–H and O–H groups in total. The summed E-state index contributed by atoms with van der Waals surface area (Å²) in [5.41, 5.74) is 7.83. The summed E-state index contributed by atoms with van der Waals surface area (Å²) in [6, 6.07) is 5.76. The van der Waals surface area contributed by atoms with Gasteiger partial charge in [-0.2, -0.15) is 0 Å². The highest BCUT2D eigenvalue weighted by atomic mass is 35.5. The van der Waals surface area contributed by atoms with E-state index in [1.165, 1.54) is 19.4 Å². The topological polar surface area (TPSA) is 32.5 Å². The van der Waals surface area contributed by atoms with Crippen LogP contribution in [0.3, 0.4) is 0 Å². The average Bonchev–Trinajstić information content (AvgIpc) is 3.23. The van der Waals surface area contributed by atoms with Gasteiger partial charge >= 0.3 is 0 Å². The molecule has 20 heavy (non-hydrogen) atoms. The highest BCUT2D eigenvalue weighted by Gasteiger charge is 2.27. The summed E-state index contributed by atoms with van der Waals surface area (Å²) >= 11 is 11.3. The molecular formula is C15H20ClN3S. The Hall–Kier alpha value is -0.840. The fourth-order valence-corrected chi connectivity index (χ4v) is 3.15. The van der Waals surface area contributed by atoms with Crippen LogP contribution >= 0.6 is 23.8 Å². The molecule has 0 atom stereocenters. The van der Waals surface area contributed by atoms with Crippen LogP contribution in [-0.2, 0) is 0 Å². The highest BCUT2D eigenvalue weighted by molar-refractivity contribution is 7.80. The van der Waals surface area contributed by atoms with Gasteiger partial charge in [0.05, 0.1) is 0 Å². The zero-order valence-electron chi connectivity index (χ0n) is 11.5. The molecule has 108 valence electrons. The van der Waals surface area contributed by atoms with Crippen molar-refractivity contribution >= 4 is 34.5 Å². The predicted molar refractivity (Wildman–Crippen MR) is 88.7 cm³/mol. The quantitative estimate of drug-likeness (QED) is 0.866. The summed E-state index contributed by atoms with van der Waals surface area (Å²) in [5.74, 6) is 0.958. The van der Waals surface area contributed by atoms with E-state index in [2.05, 4.69) is 9.80 Å². The predicted octanol–water partition coefficient (Wildman–Crippen LogP) is 2.51. The number of hydrogen-bond acceptors (Lipinski definition) is 3. The summed E-state index contributed by atoms with van der Waals surface area (Å²) in [5, 5.41) is 0.736. The first-order chi connectivity index (χ1) is 9.63. The number of benzene rings is 1. The van der Waals surface area contributed by atoms with Crippen LogP contribution in [0.25, 0.3) is 0 Å². The molecule has 5 heteroatoms. The minimum atomic E-state index is 0.442. The van der Waals surface area contributed by atoms with Gasteiger partial charge in [0.15, 0.2) is 0 Å². The summed E-state index contributed by atoms with van der Waals surface area (Å²) in [6.07, 6.45) is 2.83. The number of nitrogens with two attached hydrogens (primary N) is 1. The van der Waals surface area contributed by atoms with Gasteiger partial charge in [0.2, 0.25) is 0 Å². The van der Waals surface area contributed by atoms with Crippen molar-refractivity contribution in [1.29, 1.82) is 0 Å². The van der Waals surface area contributed by atoms with Gasteiger partial charge in [-0.15, -0.1) is 0 Å². The Morgan fingerprint density at radius 3 is 2.55 bits per heavy atom. The number of anilines is 1. The molecule has 0 unspecified atom stereocenters. The van der Waals surface area contributed by atoms with E-state index in [-0.39, 0.29) is 0 Å². The molecule has 2 aliphatic rings. The van der Waals surface area contributed by atoms with Crippen LogP contribution < -0.4 is 10.6 Å². The normalized spacial score (nSPS) is 20.1. The molecule has 1 saturated carbocycles. The average molecular weight is 310 g/mol. The zero-order chi connectivity index (χ0) is 14.1. The minimum Gasteiger partial charge on any atom is -0.389 e. The molecule has 1 saturated heterocycles. The first-order valence-corrected chi connectivity index (χ1v) is 7.99. The monoisotopic (exact) mass is 309 g/mol. The first kappa shape index (κ1) is 14.1. The lowest BCUT2D eigenvalue weighted by molar-refractivity contribution is 0.248. The fourth-order valence-electron chi connectivity index (χ4n) is 2.81. The molecule has 0 amide bonds. The highest BCUT2D eigenvalue weighted by Crippen LogP contribution is 2.31. The largest absolute Gasteiger partial charge is 0.389 e. The SMILES string of the molecule is NC(=S)c1ccc(Cl)cc1N1CCN(CC2CC2)CC1. The second kappa shape index (κ2) is 5.88. The molecular weight excluding hydrogens is 290 g/mol.